The lowest BCUT2D eigenvalue weighted by Gasteiger charge is -2.04. The molecule has 1 aromatic carbocycles. The van der Waals surface area contributed by atoms with Crippen molar-refractivity contribution in [2.75, 3.05) is 12.8 Å². The van der Waals surface area contributed by atoms with E-state index in [-0.39, 0.29) is 5.91 Å². The van der Waals surface area contributed by atoms with Crippen molar-refractivity contribution in [3.63, 3.8) is 0 Å². The summed E-state index contributed by atoms with van der Waals surface area (Å²) in [6.45, 7) is 0.518. The summed E-state index contributed by atoms with van der Waals surface area (Å²) in [4.78, 5) is 17.3. The molecule has 0 unspecified atom stereocenters. The predicted molar refractivity (Wildman–Crippen MR) is 90.0 cm³/mol. The number of pyridine rings is 1. The molecule has 0 radical (unpaired) electrons. The Labute approximate surface area is 136 Å². The van der Waals surface area contributed by atoms with Crippen LogP contribution in [0.25, 0.3) is 5.65 Å². The van der Waals surface area contributed by atoms with Crippen molar-refractivity contribution >= 4 is 22.4 Å². The number of benzene rings is 1. The van der Waals surface area contributed by atoms with Crippen molar-refractivity contribution in [1.82, 2.24) is 14.7 Å². The van der Waals surface area contributed by atoms with E-state index in [0.29, 0.717) is 23.4 Å². The summed E-state index contributed by atoms with van der Waals surface area (Å²) in [5, 5.41) is 2.88. The number of fused-ring (bicyclic) bond motifs is 1. The molecule has 2 aromatic heterocycles. The van der Waals surface area contributed by atoms with Crippen LogP contribution in [0.2, 0.25) is 0 Å². The number of carbonyl (C=O) groups excluding carboxylic acids is 1. The predicted octanol–water partition coefficient (Wildman–Crippen LogP) is 2.04. The number of amides is 1. The minimum atomic E-state index is -1.03. The van der Waals surface area contributed by atoms with Gasteiger partial charge in [-0.15, -0.1) is 0 Å². The quantitative estimate of drug-likeness (QED) is 0.780. The second kappa shape index (κ2) is 6.75. The molecule has 118 valence electrons. The summed E-state index contributed by atoms with van der Waals surface area (Å²) in [5.74, 6) is -0.137. The standard InChI is InChI=1S/C17H17N3O2S/c1-23(22)15-7-5-13(6-8-15)17(21)18-10-9-14-12-20-11-3-2-4-16(20)19-14/h2-8,11-12H,9-10H2,1H3,(H,18,21)/t23-/m0/s1. The molecule has 3 rings (SSSR count). The Morgan fingerprint density at radius 1 is 1.22 bits per heavy atom. The first-order valence-corrected chi connectivity index (χ1v) is 8.83. The highest BCUT2D eigenvalue weighted by atomic mass is 32.2. The lowest BCUT2D eigenvalue weighted by atomic mass is 10.2. The summed E-state index contributed by atoms with van der Waals surface area (Å²) in [6, 6.07) is 12.7. The Bertz CT molecular complexity index is 823. The first-order chi connectivity index (χ1) is 11.1. The Hall–Kier alpha value is -2.47. The summed E-state index contributed by atoms with van der Waals surface area (Å²) < 4.78 is 13.3. The fourth-order valence-electron chi connectivity index (χ4n) is 2.31. The average Bonchev–Trinajstić information content (AvgIpc) is 2.97. The SMILES string of the molecule is C[S@](=O)c1ccc(C(=O)NCCc2cn3ccccc3n2)cc1. The molecule has 5 nitrogen and oxygen atoms in total. The van der Waals surface area contributed by atoms with Gasteiger partial charge in [0, 0.05) is 52.9 Å². The molecule has 0 bridgehead atoms. The maximum atomic E-state index is 12.1. The van der Waals surface area contributed by atoms with Crippen molar-refractivity contribution in [3.8, 4) is 0 Å². The molecule has 23 heavy (non-hydrogen) atoms. The van der Waals surface area contributed by atoms with Crippen LogP contribution in [0.3, 0.4) is 0 Å². The summed E-state index contributed by atoms with van der Waals surface area (Å²) in [7, 11) is -1.03. The minimum Gasteiger partial charge on any atom is -0.352 e. The molecule has 0 aliphatic rings. The van der Waals surface area contributed by atoms with Crippen molar-refractivity contribution in [2.45, 2.75) is 11.3 Å². The second-order valence-electron chi connectivity index (χ2n) is 5.18. The largest absolute Gasteiger partial charge is 0.352 e. The van der Waals surface area contributed by atoms with Crippen molar-refractivity contribution < 1.29 is 9.00 Å². The fraction of sp³-hybridized carbons (Fsp3) is 0.176. The van der Waals surface area contributed by atoms with E-state index in [1.54, 1.807) is 30.5 Å². The van der Waals surface area contributed by atoms with Crippen molar-refractivity contribution in [3.05, 3.63) is 66.1 Å². The van der Waals surface area contributed by atoms with Gasteiger partial charge in [0.15, 0.2) is 0 Å². The van der Waals surface area contributed by atoms with E-state index >= 15 is 0 Å². The highest BCUT2D eigenvalue weighted by molar-refractivity contribution is 7.84. The lowest BCUT2D eigenvalue weighted by molar-refractivity contribution is 0.0954. The molecular weight excluding hydrogens is 310 g/mol. The van der Waals surface area contributed by atoms with Gasteiger partial charge in [-0.3, -0.25) is 9.00 Å². The van der Waals surface area contributed by atoms with Crippen LogP contribution in [0.4, 0.5) is 0 Å². The van der Waals surface area contributed by atoms with Gasteiger partial charge in [-0.1, -0.05) is 6.07 Å². The lowest BCUT2D eigenvalue weighted by Crippen LogP contribution is -2.25. The summed E-state index contributed by atoms with van der Waals surface area (Å²) in [5.41, 5.74) is 2.40. The highest BCUT2D eigenvalue weighted by Crippen LogP contribution is 2.08. The number of aromatic nitrogens is 2. The number of nitrogens with one attached hydrogen (secondary N) is 1. The van der Waals surface area contributed by atoms with Gasteiger partial charge >= 0.3 is 0 Å². The molecule has 1 amide bonds. The molecule has 6 heteroatoms. The van der Waals surface area contributed by atoms with Crippen LogP contribution in [-0.4, -0.2) is 32.3 Å². The third kappa shape index (κ3) is 3.65. The van der Waals surface area contributed by atoms with Gasteiger partial charge in [0.25, 0.3) is 5.91 Å². The van der Waals surface area contributed by atoms with E-state index in [1.807, 2.05) is 35.0 Å². The van der Waals surface area contributed by atoms with Crippen LogP contribution in [0.15, 0.2) is 59.8 Å². The Balaban J connectivity index is 1.57. The second-order valence-corrected chi connectivity index (χ2v) is 6.56. The maximum absolute atomic E-state index is 12.1. The number of hydrogen-bond donors (Lipinski definition) is 1. The van der Waals surface area contributed by atoms with Crippen LogP contribution in [0.5, 0.6) is 0 Å². The van der Waals surface area contributed by atoms with Gasteiger partial charge in [-0.05, 0) is 36.4 Å². The maximum Gasteiger partial charge on any atom is 0.251 e. The van der Waals surface area contributed by atoms with E-state index in [0.717, 1.165) is 11.3 Å². The van der Waals surface area contributed by atoms with Gasteiger partial charge < -0.3 is 9.72 Å². The minimum absolute atomic E-state index is 0.137. The molecule has 0 saturated carbocycles. The third-order valence-corrected chi connectivity index (χ3v) is 4.47. The van der Waals surface area contributed by atoms with Gasteiger partial charge in [0.2, 0.25) is 0 Å². The third-order valence-electron chi connectivity index (χ3n) is 3.53. The van der Waals surface area contributed by atoms with Crippen LogP contribution >= 0.6 is 0 Å². The first-order valence-electron chi connectivity index (χ1n) is 7.28. The number of imidazole rings is 1. The van der Waals surface area contributed by atoms with Gasteiger partial charge in [-0.2, -0.15) is 0 Å². The molecule has 2 heterocycles. The number of hydrogen-bond acceptors (Lipinski definition) is 3. The molecule has 0 saturated heterocycles. The van der Waals surface area contributed by atoms with E-state index < -0.39 is 10.8 Å². The van der Waals surface area contributed by atoms with Crippen LogP contribution in [-0.2, 0) is 17.2 Å². The zero-order valence-electron chi connectivity index (χ0n) is 12.7. The smallest absolute Gasteiger partial charge is 0.251 e. The van der Waals surface area contributed by atoms with Gasteiger partial charge in [0.05, 0.1) is 5.69 Å². The monoisotopic (exact) mass is 327 g/mol. The van der Waals surface area contributed by atoms with Crippen LogP contribution in [0.1, 0.15) is 16.1 Å². The average molecular weight is 327 g/mol. The number of nitrogens with zero attached hydrogens (tertiary/aromatic N) is 2. The first kappa shape index (κ1) is 15.4. The van der Waals surface area contributed by atoms with E-state index in [4.69, 9.17) is 0 Å². The van der Waals surface area contributed by atoms with Gasteiger partial charge in [-0.25, -0.2) is 4.98 Å². The highest BCUT2D eigenvalue weighted by Gasteiger charge is 2.07. The molecule has 0 aliphatic carbocycles. The Kier molecular flexibility index (Phi) is 4.52. The zero-order valence-corrected chi connectivity index (χ0v) is 13.5. The fourth-order valence-corrected chi connectivity index (χ4v) is 2.83. The molecule has 1 N–H and O–H groups in total. The Morgan fingerprint density at radius 2 is 2.00 bits per heavy atom. The molecule has 0 spiro atoms. The number of carbonyl (C=O) groups is 1. The normalized spacial score (nSPS) is 12.2. The topological polar surface area (TPSA) is 63.5 Å². The molecule has 0 aliphatic heterocycles. The van der Waals surface area contributed by atoms with Crippen LogP contribution in [0, 0.1) is 0 Å². The van der Waals surface area contributed by atoms with E-state index in [2.05, 4.69) is 10.3 Å². The van der Waals surface area contributed by atoms with E-state index in [1.165, 1.54) is 0 Å². The molecule has 0 fully saturated rings. The van der Waals surface area contributed by atoms with Crippen molar-refractivity contribution in [2.24, 2.45) is 0 Å². The Morgan fingerprint density at radius 3 is 2.70 bits per heavy atom. The zero-order chi connectivity index (χ0) is 16.2. The molecular formula is C17H17N3O2S. The summed E-state index contributed by atoms with van der Waals surface area (Å²) in [6.07, 6.45) is 6.20. The van der Waals surface area contributed by atoms with Crippen molar-refractivity contribution in [1.29, 1.82) is 0 Å². The van der Waals surface area contributed by atoms with E-state index in [9.17, 15) is 9.00 Å². The van der Waals surface area contributed by atoms with Gasteiger partial charge in [0.1, 0.15) is 5.65 Å². The summed E-state index contributed by atoms with van der Waals surface area (Å²) >= 11 is 0. The van der Waals surface area contributed by atoms with Crippen LogP contribution < -0.4 is 5.32 Å². The molecule has 1 atom stereocenters. The molecule has 3 aromatic rings. The number of rotatable bonds is 5.